The molecule has 2 fully saturated rings. The molecule has 1 unspecified atom stereocenters. The highest BCUT2D eigenvalue weighted by atomic mass is 32.2. The number of pyridine rings is 1. The number of carbonyl (C=O) groups is 1. The van der Waals surface area contributed by atoms with Gasteiger partial charge in [-0.2, -0.15) is 4.31 Å². The predicted octanol–water partition coefficient (Wildman–Crippen LogP) is -0.196. The van der Waals surface area contributed by atoms with Gasteiger partial charge in [0.05, 0.1) is 19.1 Å². The van der Waals surface area contributed by atoms with Gasteiger partial charge >= 0.3 is 0 Å². The van der Waals surface area contributed by atoms with Crippen molar-refractivity contribution in [3.8, 4) is 0 Å². The summed E-state index contributed by atoms with van der Waals surface area (Å²) in [5, 5.41) is 0. The molecule has 132 valence electrons. The molecule has 1 atom stereocenters. The highest BCUT2D eigenvalue weighted by Crippen LogP contribution is 2.23. The van der Waals surface area contributed by atoms with Crippen LogP contribution in [0.3, 0.4) is 0 Å². The first-order valence-electron chi connectivity index (χ1n) is 8.07. The zero-order chi connectivity index (χ0) is 17.2. The molecular weight excluding hydrogens is 332 g/mol. The molecular formula is C15H22N4O4S. The van der Waals surface area contributed by atoms with Crippen LogP contribution in [0.4, 0.5) is 5.82 Å². The van der Waals surface area contributed by atoms with E-state index in [1.165, 1.54) is 10.5 Å². The molecule has 9 heteroatoms. The van der Waals surface area contributed by atoms with Crippen molar-refractivity contribution in [2.45, 2.75) is 17.7 Å². The van der Waals surface area contributed by atoms with Gasteiger partial charge in [-0.15, -0.1) is 0 Å². The summed E-state index contributed by atoms with van der Waals surface area (Å²) in [6, 6.07) is 3.26. The van der Waals surface area contributed by atoms with E-state index in [2.05, 4.69) is 4.98 Å². The molecule has 3 heterocycles. The minimum atomic E-state index is -3.54. The van der Waals surface area contributed by atoms with Crippen molar-refractivity contribution in [3.05, 3.63) is 18.3 Å². The molecule has 2 saturated heterocycles. The van der Waals surface area contributed by atoms with Crippen molar-refractivity contribution in [1.29, 1.82) is 0 Å². The number of carbonyl (C=O) groups excluding carboxylic acids is 1. The Labute approximate surface area is 141 Å². The van der Waals surface area contributed by atoms with Gasteiger partial charge in [-0.25, -0.2) is 13.4 Å². The molecule has 3 rings (SSSR count). The largest absolute Gasteiger partial charge is 0.379 e. The Balaban J connectivity index is 1.74. The Morgan fingerprint density at radius 3 is 2.62 bits per heavy atom. The van der Waals surface area contributed by atoms with Crippen LogP contribution in [0.5, 0.6) is 0 Å². The Kier molecular flexibility index (Phi) is 5.02. The van der Waals surface area contributed by atoms with Gasteiger partial charge in [0, 0.05) is 32.4 Å². The molecule has 0 spiro atoms. The minimum absolute atomic E-state index is 0.177. The first-order chi connectivity index (χ1) is 11.5. The second-order valence-electron chi connectivity index (χ2n) is 6.06. The number of nitrogens with two attached hydrogens (primary N) is 1. The number of rotatable bonds is 4. The molecule has 1 aromatic heterocycles. The lowest BCUT2D eigenvalue weighted by atomic mass is 9.97. The lowest BCUT2D eigenvalue weighted by Crippen LogP contribution is -2.42. The third-order valence-corrected chi connectivity index (χ3v) is 6.36. The van der Waals surface area contributed by atoms with E-state index in [4.69, 9.17) is 10.5 Å². The van der Waals surface area contributed by atoms with Crippen LogP contribution in [0.15, 0.2) is 23.2 Å². The van der Waals surface area contributed by atoms with Crippen molar-refractivity contribution in [2.75, 3.05) is 44.3 Å². The lowest BCUT2D eigenvalue weighted by Gasteiger charge is -2.32. The van der Waals surface area contributed by atoms with E-state index in [-0.39, 0.29) is 16.7 Å². The maximum absolute atomic E-state index is 12.6. The fraction of sp³-hybridized carbons (Fsp3) is 0.600. The third kappa shape index (κ3) is 3.52. The number of hydrogen-bond donors (Lipinski definition) is 1. The number of anilines is 1. The second-order valence-corrected chi connectivity index (χ2v) is 7.99. The number of hydrogen-bond acceptors (Lipinski definition) is 6. The molecule has 0 aliphatic carbocycles. The van der Waals surface area contributed by atoms with Crippen molar-refractivity contribution in [2.24, 2.45) is 11.7 Å². The van der Waals surface area contributed by atoms with Crippen LogP contribution in [0.25, 0.3) is 0 Å². The highest BCUT2D eigenvalue weighted by Gasteiger charge is 2.28. The SMILES string of the molecule is NC(=O)C1CCCN(c2ccc(S(=O)(=O)N3CCOCC3)cn2)C1. The maximum atomic E-state index is 12.6. The summed E-state index contributed by atoms with van der Waals surface area (Å²) >= 11 is 0. The van der Waals surface area contributed by atoms with Gasteiger partial charge in [-0.05, 0) is 25.0 Å². The average molecular weight is 354 g/mol. The molecule has 0 saturated carbocycles. The monoisotopic (exact) mass is 354 g/mol. The van der Waals surface area contributed by atoms with E-state index in [9.17, 15) is 13.2 Å². The van der Waals surface area contributed by atoms with Crippen molar-refractivity contribution in [1.82, 2.24) is 9.29 Å². The summed E-state index contributed by atoms with van der Waals surface area (Å²) in [4.78, 5) is 17.8. The molecule has 24 heavy (non-hydrogen) atoms. The van der Waals surface area contributed by atoms with Crippen molar-refractivity contribution in [3.63, 3.8) is 0 Å². The molecule has 2 aliphatic rings. The van der Waals surface area contributed by atoms with Crippen LogP contribution in [-0.2, 0) is 19.6 Å². The van der Waals surface area contributed by atoms with Gasteiger partial charge in [-0.3, -0.25) is 4.79 Å². The molecule has 0 bridgehead atoms. The Morgan fingerprint density at radius 1 is 1.25 bits per heavy atom. The van der Waals surface area contributed by atoms with Gasteiger partial charge in [0.2, 0.25) is 15.9 Å². The Bertz CT molecular complexity index is 686. The smallest absolute Gasteiger partial charge is 0.244 e. The average Bonchev–Trinajstić information content (AvgIpc) is 2.62. The number of amides is 1. The molecule has 0 aromatic carbocycles. The van der Waals surface area contributed by atoms with Crippen LogP contribution in [0.2, 0.25) is 0 Å². The summed E-state index contributed by atoms with van der Waals surface area (Å²) in [6.45, 7) is 2.84. The molecule has 2 aliphatic heterocycles. The summed E-state index contributed by atoms with van der Waals surface area (Å²) in [7, 11) is -3.54. The van der Waals surface area contributed by atoms with Crippen molar-refractivity contribution < 1.29 is 17.9 Å². The zero-order valence-corrected chi connectivity index (χ0v) is 14.2. The van der Waals surface area contributed by atoms with E-state index in [0.717, 1.165) is 19.4 Å². The van der Waals surface area contributed by atoms with Crippen molar-refractivity contribution >= 4 is 21.7 Å². The lowest BCUT2D eigenvalue weighted by molar-refractivity contribution is -0.122. The van der Waals surface area contributed by atoms with Gasteiger partial charge in [0.25, 0.3) is 0 Å². The van der Waals surface area contributed by atoms with Crippen LogP contribution < -0.4 is 10.6 Å². The number of primary amides is 1. The summed E-state index contributed by atoms with van der Waals surface area (Å²) in [5.74, 6) is 0.186. The number of nitrogens with zero attached hydrogens (tertiary/aromatic N) is 3. The molecule has 1 amide bonds. The summed E-state index contributed by atoms with van der Waals surface area (Å²) < 4.78 is 31.7. The molecule has 2 N–H and O–H groups in total. The quantitative estimate of drug-likeness (QED) is 0.803. The number of morpholine rings is 1. The van der Waals surface area contributed by atoms with E-state index < -0.39 is 10.0 Å². The van der Waals surface area contributed by atoms with Gasteiger partial charge in [0.1, 0.15) is 10.7 Å². The fourth-order valence-electron chi connectivity index (χ4n) is 3.07. The first-order valence-corrected chi connectivity index (χ1v) is 9.51. The standard InChI is InChI=1S/C15H22N4O4S/c16-15(20)12-2-1-5-18(11-12)14-4-3-13(10-17-14)24(21,22)19-6-8-23-9-7-19/h3-4,10,12H,1-2,5-9,11H2,(H2,16,20). The summed E-state index contributed by atoms with van der Waals surface area (Å²) in [5.41, 5.74) is 5.39. The first kappa shape index (κ1) is 17.1. The van der Waals surface area contributed by atoms with E-state index in [1.54, 1.807) is 12.1 Å². The highest BCUT2D eigenvalue weighted by molar-refractivity contribution is 7.89. The molecule has 1 aromatic rings. The van der Waals surface area contributed by atoms with Gasteiger partial charge < -0.3 is 15.4 Å². The van der Waals surface area contributed by atoms with E-state index in [1.807, 2.05) is 4.90 Å². The van der Waals surface area contributed by atoms with E-state index in [0.29, 0.717) is 38.7 Å². The topological polar surface area (TPSA) is 106 Å². The maximum Gasteiger partial charge on any atom is 0.244 e. The molecule has 0 radical (unpaired) electrons. The van der Waals surface area contributed by atoms with E-state index >= 15 is 0 Å². The number of sulfonamides is 1. The van der Waals surface area contributed by atoms with Gasteiger partial charge in [0.15, 0.2) is 0 Å². The van der Waals surface area contributed by atoms with Gasteiger partial charge in [-0.1, -0.05) is 0 Å². The Hall–Kier alpha value is -1.71. The second kappa shape index (κ2) is 7.04. The molecule has 8 nitrogen and oxygen atoms in total. The van der Waals surface area contributed by atoms with Crippen LogP contribution in [-0.4, -0.2) is 63.0 Å². The third-order valence-electron chi connectivity index (χ3n) is 4.48. The van der Waals surface area contributed by atoms with Crippen LogP contribution >= 0.6 is 0 Å². The minimum Gasteiger partial charge on any atom is -0.379 e. The normalized spacial score (nSPS) is 23.2. The number of piperidine rings is 1. The number of ether oxygens (including phenoxy) is 1. The zero-order valence-electron chi connectivity index (χ0n) is 13.4. The fourth-order valence-corrected chi connectivity index (χ4v) is 4.42. The van der Waals surface area contributed by atoms with Crippen LogP contribution in [0.1, 0.15) is 12.8 Å². The van der Waals surface area contributed by atoms with Crippen LogP contribution in [0, 0.1) is 5.92 Å². The summed E-state index contributed by atoms with van der Waals surface area (Å²) in [6.07, 6.45) is 3.03. The number of aromatic nitrogens is 1. The predicted molar refractivity (Wildman–Crippen MR) is 87.9 cm³/mol. The Morgan fingerprint density at radius 2 is 2.00 bits per heavy atom.